The third-order valence-electron chi connectivity index (χ3n) is 3.19. The van der Waals surface area contributed by atoms with E-state index >= 15 is 0 Å². The SMILES string of the molecule is CCCS(=O)(=O)N1CCCC1C(=O)NCCCC(=O)O. The van der Waals surface area contributed by atoms with Crippen molar-refractivity contribution in [1.82, 2.24) is 9.62 Å². The molecule has 1 fully saturated rings. The van der Waals surface area contributed by atoms with Gasteiger partial charge in [0.1, 0.15) is 6.04 Å². The molecule has 1 amide bonds. The summed E-state index contributed by atoms with van der Waals surface area (Å²) >= 11 is 0. The standard InChI is InChI=1S/C12H22N2O5S/c1-2-9-20(18,19)14-8-4-5-10(14)12(17)13-7-3-6-11(15)16/h10H,2-9H2,1H3,(H,13,17)(H,15,16). The van der Waals surface area contributed by atoms with Gasteiger partial charge in [0.2, 0.25) is 15.9 Å². The lowest BCUT2D eigenvalue weighted by molar-refractivity contribution is -0.137. The molecular weight excluding hydrogens is 284 g/mol. The molecule has 2 N–H and O–H groups in total. The quantitative estimate of drug-likeness (QED) is 0.622. The Bertz CT molecular complexity index is 449. The zero-order valence-corrected chi connectivity index (χ0v) is 12.5. The van der Waals surface area contributed by atoms with Gasteiger partial charge in [-0.15, -0.1) is 0 Å². The van der Waals surface area contributed by atoms with Gasteiger partial charge < -0.3 is 10.4 Å². The van der Waals surface area contributed by atoms with E-state index in [1.54, 1.807) is 6.92 Å². The summed E-state index contributed by atoms with van der Waals surface area (Å²) in [6, 6.07) is -0.642. The number of amides is 1. The maximum atomic E-state index is 12.0. The van der Waals surface area contributed by atoms with Crippen LogP contribution in [0.1, 0.15) is 39.0 Å². The zero-order valence-electron chi connectivity index (χ0n) is 11.7. The zero-order chi connectivity index (χ0) is 15.2. The molecule has 0 bridgehead atoms. The lowest BCUT2D eigenvalue weighted by atomic mass is 10.2. The van der Waals surface area contributed by atoms with Gasteiger partial charge in [0.05, 0.1) is 5.75 Å². The number of aliphatic carboxylic acids is 1. The minimum Gasteiger partial charge on any atom is -0.481 e. The molecule has 0 aromatic heterocycles. The summed E-state index contributed by atoms with van der Waals surface area (Å²) in [4.78, 5) is 22.3. The fourth-order valence-corrected chi connectivity index (χ4v) is 4.03. The van der Waals surface area contributed by atoms with Crippen LogP contribution in [0.2, 0.25) is 0 Å². The minimum atomic E-state index is -3.37. The van der Waals surface area contributed by atoms with Crippen LogP contribution >= 0.6 is 0 Å². The molecule has 20 heavy (non-hydrogen) atoms. The van der Waals surface area contributed by atoms with Gasteiger partial charge in [-0.2, -0.15) is 4.31 Å². The van der Waals surface area contributed by atoms with Crippen LogP contribution in [0.4, 0.5) is 0 Å². The molecule has 7 nitrogen and oxygen atoms in total. The second-order valence-corrected chi connectivity index (χ2v) is 6.91. The van der Waals surface area contributed by atoms with Crippen LogP contribution in [0.5, 0.6) is 0 Å². The van der Waals surface area contributed by atoms with Crippen LogP contribution in [-0.4, -0.2) is 54.6 Å². The van der Waals surface area contributed by atoms with Gasteiger partial charge in [0.15, 0.2) is 0 Å². The van der Waals surface area contributed by atoms with Crippen LogP contribution in [-0.2, 0) is 19.6 Å². The van der Waals surface area contributed by atoms with E-state index in [4.69, 9.17) is 5.11 Å². The highest BCUT2D eigenvalue weighted by atomic mass is 32.2. The summed E-state index contributed by atoms with van der Waals surface area (Å²) in [5.41, 5.74) is 0. The van der Waals surface area contributed by atoms with E-state index in [1.807, 2.05) is 0 Å². The largest absolute Gasteiger partial charge is 0.481 e. The lowest BCUT2D eigenvalue weighted by Crippen LogP contribution is -2.46. The van der Waals surface area contributed by atoms with Crippen molar-refractivity contribution in [2.75, 3.05) is 18.8 Å². The van der Waals surface area contributed by atoms with Gasteiger partial charge in [-0.1, -0.05) is 6.92 Å². The van der Waals surface area contributed by atoms with E-state index in [-0.39, 0.29) is 24.6 Å². The minimum absolute atomic E-state index is 0.0111. The Morgan fingerprint density at radius 2 is 2.10 bits per heavy atom. The highest BCUT2D eigenvalue weighted by molar-refractivity contribution is 7.89. The van der Waals surface area contributed by atoms with Crippen molar-refractivity contribution in [3.05, 3.63) is 0 Å². The highest BCUT2D eigenvalue weighted by Crippen LogP contribution is 2.21. The molecule has 0 spiro atoms. The Morgan fingerprint density at radius 1 is 1.40 bits per heavy atom. The Kier molecular flexibility index (Phi) is 6.41. The summed E-state index contributed by atoms with van der Waals surface area (Å²) in [6.07, 6.45) is 2.05. The molecule has 1 aliphatic rings. The van der Waals surface area contributed by atoms with Crippen molar-refractivity contribution in [3.8, 4) is 0 Å². The molecule has 1 unspecified atom stereocenters. The number of carbonyl (C=O) groups excluding carboxylic acids is 1. The normalized spacial score (nSPS) is 19.9. The summed E-state index contributed by atoms with van der Waals surface area (Å²) in [7, 11) is -3.37. The molecule has 0 aliphatic carbocycles. The third kappa shape index (κ3) is 4.75. The topological polar surface area (TPSA) is 104 Å². The number of nitrogens with one attached hydrogen (secondary N) is 1. The Hall–Kier alpha value is -1.15. The van der Waals surface area contributed by atoms with Crippen molar-refractivity contribution in [1.29, 1.82) is 0 Å². The van der Waals surface area contributed by atoms with Crippen LogP contribution in [0.3, 0.4) is 0 Å². The van der Waals surface area contributed by atoms with Gasteiger partial charge >= 0.3 is 5.97 Å². The fraction of sp³-hybridized carbons (Fsp3) is 0.833. The number of rotatable bonds is 8. The second kappa shape index (κ2) is 7.58. The van der Waals surface area contributed by atoms with E-state index in [2.05, 4.69) is 5.32 Å². The van der Waals surface area contributed by atoms with E-state index < -0.39 is 22.0 Å². The number of nitrogens with zero attached hydrogens (tertiary/aromatic N) is 1. The first-order valence-corrected chi connectivity index (χ1v) is 8.48. The highest BCUT2D eigenvalue weighted by Gasteiger charge is 2.37. The molecule has 1 aliphatic heterocycles. The first-order chi connectivity index (χ1) is 9.38. The molecular formula is C12H22N2O5S. The molecule has 1 atom stereocenters. The number of hydrogen-bond acceptors (Lipinski definition) is 4. The smallest absolute Gasteiger partial charge is 0.303 e. The number of carboxylic acids is 1. The summed E-state index contributed by atoms with van der Waals surface area (Å²) in [5, 5.41) is 11.1. The van der Waals surface area contributed by atoms with E-state index in [0.29, 0.717) is 32.2 Å². The van der Waals surface area contributed by atoms with Crippen LogP contribution in [0.15, 0.2) is 0 Å². The van der Waals surface area contributed by atoms with Crippen molar-refractivity contribution in [2.45, 2.75) is 45.1 Å². The van der Waals surface area contributed by atoms with Gasteiger partial charge in [-0.25, -0.2) is 8.42 Å². The number of hydrogen-bond donors (Lipinski definition) is 2. The van der Waals surface area contributed by atoms with Crippen molar-refractivity contribution in [2.24, 2.45) is 0 Å². The van der Waals surface area contributed by atoms with Crippen LogP contribution in [0.25, 0.3) is 0 Å². The molecule has 0 saturated carbocycles. The average molecular weight is 306 g/mol. The molecule has 1 saturated heterocycles. The van der Waals surface area contributed by atoms with Gasteiger partial charge in [-0.3, -0.25) is 9.59 Å². The number of carboxylic acid groups (broad SMARTS) is 1. The Morgan fingerprint density at radius 3 is 2.70 bits per heavy atom. The Labute approximate surface area is 119 Å². The predicted molar refractivity (Wildman–Crippen MR) is 73.7 cm³/mol. The Balaban J connectivity index is 2.52. The first kappa shape index (κ1) is 16.9. The first-order valence-electron chi connectivity index (χ1n) is 6.87. The lowest BCUT2D eigenvalue weighted by Gasteiger charge is -2.23. The molecule has 0 radical (unpaired) electrons. The average Bonchev–Trinajstić information content (AvgIpc) is 2.84. The van der Waals surface area contributed by atoms with Gasteiger partial charge in [0, 0.05) is 19.5 Å². The maximum absolute atomic E-state index is 12.0. The van der Waals surface area contributed by atoms with Crippen molar-refractivity contribution < 1.29 is 23.1 Å². The summed E-state index contributed by atoms with van der Waals surface area (Å²) in [5.74, 6) is -1.18. The summed E-state index contributed by atoms with van der Waals surface area (Å²) in [6.45, 7) is 2.42. The number of carbonyl (C=O) groups is 2. The fourth-order valence-electron chi connectivity index (χ4n) is 2.28. The molecule has 1 rings (SSSR count). The number of sulfonamides is 1. The molecule has 1 heterocycles. The van der Waals surface area contributed by atoms with Crippen LogP contribution < -0.4 is 5.32 Å². The third-order valence-corrected chi connectivity index (χ3v) is 5.27. The monoisotopic (exact) mass is 306 g/mol. The van der Waals surface area contributed by atoms with Crippen molar-refractivity contribution in [3.63, 3.8) is 0 Å². The maximum Gasteiger partial charge on any atom is 0.303 e. The van der Waals surface area contributed by atoms with Gasteiger partial charge in [0.25, 0.3) is 0 Å². The van der Waals surface area contributed by atoms with Crippen molar-refractivity contribution >= 4 is 21.9 Å². The molecule has 0 aromatic carbocycles. The molecule has 0 aromatic rings. The van der Waals surface area contributed by atoms with Crippen LogP contribution in [0, 0.1) is 0 Å². The summed E-state index contributed by atoms with van der Waals surface area (Å²) < 4.78 is 25.4. The van der Waals surface area contributed by atoms with E-state index in [1.165, 1.54) is 4.31 Å². The second-order valence-electron chi connectivity index (χ2n) is 4.87. The molecule has 8 heteroatoms. The molecule has 116 valence electrons. The van der Waals surface area contributed by atoms with E-state index in [9.17, 15) is 18.0 Å². The van der Waals surface area contributed by atoms with E-state index in [0.717, 1.165) is 0 Å². The van der Waals surface area contributed by atoms with Gasteiger partial charge in [-0.05, 0) is 25.7 Å². The predicted octanol–water partition coefficient (Wildman–Crippen LogP) is 0.172.